The van der Waals surface area contributed by atoms with Crippen LogP contribution in [0, 0.1) is 0 Å². The molecule has 3 aromatic rings. The number of morpholine rings is 1. The maximum Gasteiger partial charge on any atom is 0.229 e. The number of hydrogen-bond donors (Lipinski definition) is 1. The Morgan fingerprint density at radius 1 is 1.22 bits per heavy atom. The zero-order chi connectivity index (χ0) is 19.0. The van der Waals surface area contributed by atoms with E-state index in [2.05, 4.69) is 19.6 Å². The van der Waals surface area contributed by atoms with Gasteiger partial charge in [0.2, 0.25) is 15.3 Å². The number of aromatic nitrogens is 2. The predicted molar refractivity (Wildman–Crippen MR) is 109 cm³/mol. The van der Waals surface area contributed by atoms with Gasteiger partial charge in [0.25, 0.3) is 0 Å². The summed E-state index contributed by atoms with van der Waals surface area (Å²) in [6.45, 7) is 2.81. The molecule has 0 unspecified atom stereocenters. The van der Waals surface area contributed by atoms with E-state index < -0.39 is 10.0 Å². The van der Waals surface area contributed by atoms with Crippen LogP contribution in [0.2, 0.25) is 5.28 Å². The van der Waals surface area contributed by atoms with Gasteiger partial charge in [-0.15, -0.1) is 11.3 Å². The molecule has 10 heteroatoms. The molecule has 142 valence electrons. The number of nitrogens with zero attached hydrogens (tertiary/aromatic N) is 3. The van der Waals surface area contributed by atoms with Crippen molar-refractivity contribution in [3.05, 3.63) is 35.6 Å². The minimum Gasteiger partial charge on any atom is -0.378 e. The van der Waals surface area contributed by atoms with Gasteiger partial charge < -0.3 is 9.64 Å². The SMILES string of the molecule is CS(=O)(=O)Nc1cccc(-c2cc3nc(Cl)nc(N4CCOCC4)c3s2)c1. The fraction of sp³-hybridized carbons (Fsp3) is 0.294. The molecule has 1 saturated heterocycles. The first-order valence-electron chi connectivity index (χ1n) is 8.27. The average Bonchev–Trinajstić information content (AvgIpc) is 3.04. The number of thiophene rings is 1. The summed E-state index contributed by atoms with van der Waals surface area (Å²) in [6, 6.07) is 9.22. The van der Waals surface area contributed by atoms with Crippen molar-refractivity contribution in [3.8, 4) is 10.4 Å². The third-order valence-corrected chi connectivity index (χ3v) is 6.03. The number of sulfonamides is 1. The van der Waals surface area contributed by atoms with Crippen molar-refractivity contribution in [3.63, 3.8) is 0 Å². The van der Waals surface area contributed by atoms with Crippen molar-refractivity contribution in [1.29, 1.82) is 0 Å². The standard InChI is InChI=1S/C17H17ClN4O3S2/c1-27(23,24)21-12-4-2-3-11(9-12)14-10-13-15(26-14)16(20-17(18)19-13)22-5-7-25-8-6-22/h2-4,9-10,21H,5-8H2,1H3. The Hall–Kier alpha value is -1.94. The molecule has 0 bridgehead atoms. The largest absolute Gasteiger partial charge is 0.378 e. The Balaban J connectivity index is 1.76. The monoisotopic (exact) mass is 424 g/mol. The van der Waals surface area contributed by atoms with E-state index in [1.54, 1.807) is 23.5 Å². The summed E-state index contributed by atoms with van der Waals surface area (Å²) in [4.78, 5) is 11.9. The minimum atomic E-state index is -3.33. The van der Waals surface area contributed by atoms with Gasteiger partial charge >= 0.3 is 0 Å². The lowest BCUT2D eigenvalue weighted by Crippen LogP contribution is -2.36. The lowest BCUT2D eigenvalue weighted by Gasteiger charge is -2.28. The summed E-state index contributed by atoms with van der Waals surface area (Å²) < 4.78 is 31.9. The summed E-state index contributed by atoms with van der Waals surface area (Å²) in [7, 11) is -3.33. The number of anilines is 2. The van der Waals surface area contributed by atoms with Crippen LogP contribution in [0.3, 0.4) is 0 Å². The Labute approximate surface area is 166 Å². The van der Waals surface area contributed by atoms with Gasteiger partial charge in [0.05, 0.1) is 29.7 Å². The third kappa shape index (κ3) is 4.16. The van der Waals surface area contributed by atoms with E-state index in [0.717, 1.165) is 45.8 Å². The predicted octanol–water partition coefficient (Wildman–Crippen LogP) is 3.22. The van der Waals surface area contributed by atoms with E-state index in [0.29, 0.717) is 18.9 Å². The van der Waals surface area contributed by atoms with Crippen LogP contribution in [0.5, 0.6) is 0 Å². The summed E-state index contributed by atoms with van der Waals surface area (Å²) in [5.74, 6) is 0.815. The van der Waals surface area contributed by atoms with Gasteiger partial charge in [0.1, 0.15) is 0 Å². The number of hydrogen-bond acceptors (Lipinski definition) is 7. The second-order valence-corrected chi connectivity index (χ2v) is 9.33. The van der Waals surface area contributed by atoms with Crippen molar-refractivity contribution < 1.29 is 13.2 Å². The topological polar surface area (TPSA) is 84.4 Å². The molecule has 4 rings (SSSR count). The number of fused-ring (bicyclic) bond motifs is 1. The van der Waals surface area contributed by atoms with Crippen LogP contribution in [-0.4, -0.2) is 50.9 Å². The number of rotatable bonds is 4. The first-order chi connectivity index (χ1) is 12.9. The summed E-state index contributed by atoms with van der Waals surface area (Å²) in [5.41, 5.74) is 2.19. The van der Waals surface area contributed by atoms with Crippen LogP contribution < -0.4 is 9.62 Å². The van der Waals surface area contributed by atoms with Crippen LogP contribution >= 0.6 is 22.9 Å². The lowest BCUT2D eigenvalue weighted by molar-refractivity contribution is 0.122. The molecule has 27 heavy (non-hydrogen) atoms. The minimum absolute atomic E-state index is 0.209. The molecule has 0 spiro atoms. The molecule has 0 atom stereocenters. The molecule has 0 amide bonds. The van der Waals surface area contributed by atoms with Gasteiger partial charge in [0, 0.05) is 23.7 Å². The van der Waals surface area contributed by atoms with Crippen molar-refractivity contribution >= 4 is 54.7 Å². The molecule has 1 aromatic carbocycles. The molecule has 2 aromatic heterocycles. The number of benzene rings is 1. The van der Waals surface area contributed by atoms with Gasteiger partial charge in [-0.05, 0) is 35.4 Å². The van der Waals surface area contributed by atoms with Gasteiger partial charge in [0.15, 0.2) is 5.82 Å². The zero-order valence-corrected chi connectivity index (χ0v) is 16.9. The number of ether oxygens (including phenoxy) is 1. The Bertz CT molecular complexity index is 1090. The summed E-state index contributed by atoms with van der Waals surface area (Å²) in [6.07, 6.45) is 1.13. The highest BCUT2D eigenvalue weighted by Gasteiger charge is 2.19. The second-order valence-electron chi connectivity index (χ2n) is 6.20. The quantitative estimate of drug-likeness (QED) is 0.647. The van der Waals surface area contributed by atoms with E-state index in [1.807, 2.05) is 18.2 Å². The van der Waals surface area contributed by atoms with E-state index in [4.69, 9.17) is 16.3 Å². The van der Waals surface area contributed by atoms with Crippen molar-refractivity contribution in [1.82, 2.24) is 9.97 Å². The molecular formula is C17H17ClN4O3S2. The zero-order valence-electron chi connectivity index (χ0n) is 14.5. The lowest BCUT2D eigenvalue weighted by atomic mass is 10.1. The van der Waals surface area contributed by atoms with Crippen molar-refractivity contribution in [2.24, 2.45) is 0 Å². The van der Waals surface area contributed by atoms with E-state index in [9.17, 15) is 8.42 Å². The van der Waals surface area contributed by atoms with E-state index in [1.165, 1.54) is 0 Å². The molecule has 1 aliphatic rings. The van der Waals surface area contributed by atoms with Crippen LogP contribution in [0.1, 0.15) is 0 Å². The molecular weight excluding hydrogens is 408 g/mol. The van der Waals surface area contributed by atoms with Crippen LogP contribution in [0.15, 0.2) is 30.3 Å². The first-order valence-corrected chi connectivity index (χ1v) is 11.4. The fourth-order valence-corrected chi connectivity index (χ4v) is 4.81. The summed E-state index contributed by atoms with van der Waals surface area (Å²) >= 11 is 7.71. The summed E-state index contributed by atoms with van der Waals surface area (Å²) in [5, 5.41) is 0.209. The van der Waals surface area contributed by atoms with Crippen LogP contribution in [0.25, 0.3) is 20.7 Å². The van der Waals surface area contributed by atoms with Crippen molar-refractivity contribution in [2.45, 2.75) is 0 Å². The molecule has 0 aliphatic carbocycles. The maximum atomic E-state index is 11.5. The second kappa shape index (κ2) is 7.23. The van der Waals surface area contributed by atoms with Gasteiger partial charge in [-0.2, -0.15) is 4.98 Å². The molecule has 0 radical (unpaired) electrons. The van der Waals surface area contributed by atoms with E-state index in [-0.39, 0.29) is 5.28 Å². The molecule has 1 N–H and O–H groups in total. The van der Waals surface area contributed by atoms with Crippen LogP contribution in [0.4, 0.5) is 11.5 Å². The molecule has 1 aliphatic heterocycles. The fourth-order valence-electron chi connectivity index (χ4n) is 2.97. The van der Waals surface area contributed by atoms with Crippen LogP contribution in [-0.2, 0) is 14.8 Å². The molecule has 7 nitrogen and oxygen atoms in total. The first kappa shape index (κ1) is 18.4. The van der Waals surface area contributed by atoms with Gasteiger partial charge in [-0.25, -0.2) is 13.4 Å². The molecule has 3 heterocycles. The normalized spacial score (nSPS) is 15.3. The highest BCUT2D eigenvalue weighted by atomic mass is 35.5. The Kier molecular flexibility index (Phi) is 4.94. The Morgan fingerprint density at radius 3 is 2.74 bits per heavy atom. The number of nitrogens with one attached hydrogen (secondary N) is 1. The maximum absolute atomic E-state index is 11.5. The average molecular weight is 425 g/mol. The highest BCUT2D eigenvalue weighted by Crippen LogP contribution is 2.38. The molecule has 0 saturated carbocycles. The number of halogens is 1. The smallest absolute Gasteiger partial charge is 0.229 e. The highest BCUT2D eigenvalue weighted by molar-refractivity contribution is 7.92. The Morgan fingerprint density at radius 2 is 2.00 bits per heavy atom. The third-order valence-electron chi connectivity index (χ3n) is 4.09. The van der Waals surface area contributed by atoms with Crippen molar-refractivity contribution in [2.75, 3.05) is 42.2 Å². The van der Waals surface area contributed by atoms with E-state index >= 15 is 0 Å². The molecule has 1 fully saturated rings. The van der Waals surface area contributed by atoms with Gasteiger partial charge in [-0.1, -0.05) is 12.1 Å². The van der Waals surface area contributed by atoms with Gasteiger partial charge in [-0.3, -0.25) is 4.72 Å².